The average Bonchev–Trinajstić information content (AvgIpc) is 2.54. The highest BCUT2D eigenvalue weighted by Crippen LogP contribution is 2.14. The Balaban J connectivity index is 0.000000336. The van der Waals surface area contributed by atoms with E-state index in [4.69, 9.17) is 5.73 Å². The van der Waals surface area contributed by atoms with E-state index in [-0.39, 0.29) is 0 Å². The maximum absolute atomic E-state index is 5.56. The lowest BCUT2D eigenvalue weighted by molar-refractivity contribution is 1.48. The fourth-order valence-electron chi connectivity index (χ4n) is 1.07. The summed E-state index contributed by atoms with van der Waals surface area (Å²) in [6.45, 7) is 4.00. The lowest BCUT2D eigenvalue weighted by atomic mass is 10.2. The van der Waals surface area contributed by atoms with Crippen LogP contribution >= 0.6 is 0 Å². The second kappa shape index (κ2) is 3.81. The monoisotopic (exact) mass is 162 g/mol. The minimum absolute atomic E-state index is 0.801. The number of nitrogens with one attached hydrogen (secondary N) is 1. The fourth-order valence-corrected chi connectivity index (χ4v) is 1.07. The van der Waals surface area contributed by atoms with Crippen LogP contribution in [0.3, 0.4) is 0 Å². The Morgan fingerprint density at radius 2 is 1.92 bits per heavy atom. The Kier molecular flexibility index (Phi) is 2.75. The molecule has 0 aliphatic carbocycles. The molecule has 2 rings (SSSR count). The largest absolute Gasteiger partial charge is 0.399 e. The minimum atomic E-state index is 0.801. The standard InChI is InChI=1S/C8H8N2.C2H6/c9-7-2-1-6-3-4-10-8(6)5-7;1-2/h1-5,10H,9H2;1-2H3. The molecular weight excluding hydrogens is 148 g/mol. The number of hydrogen-bond donors (Lipinski definition) is 2. The first-order chi connectivity index (χ1) is 5.86. The van der Waals surface area contributed by atoms with Gasteiger partial charge in [0.2, 0.25) is 0 Å². The van der Waals surface area contributed by atoms with Crippen molar-refractivity contribution in [1.82, 2.24) is 4.98 Å². The van der Waals surface area contributed by atoms with E-state index in [9.17, 15) is 0 Å². The van der Waals surface area contributed by atoms with Crippen molar-refractivity contribution in [2.24, 2.45) is 0 Å². The number of nitrogen functional groups attached to an aromatic ring is 1. The first kappa shape index (κ1) is 8.65. The topological polar surface area (TPSA) is 41.8 Å². The van der Waals surface area contributed by atoms with Gasteiger partial charge in [0.1, 0.15) is 0 Å². The summed E-state index contributed by atoms with van der Waals surface area (Å²) in [5, 5.41) is 1.20. The highest BCUT2D eigenvalue weighted by atomic mass is 14.7. The van der Waals surface area contributed by atoms with Gasteiger partial charge < -0.3 is 10.7 Å². The maximum Gasteiger partial charge on any atom is 0.0474 e. The normalized spacial score (nSPS) is 9.17. The number of aromatic nitrogens is 1. The van der Waals surface area contributed by atoms with Crippen molar-refractivity contribution >= 4 is 16.6 Å². The Bertz CT molecular complexity index is 349. The van der Waals surface area contributed by atoms with Crippen molar-refractivity contribution in [3.05, 3.63) is 30.5 Å². The summed E-state index contributed by atoms with van der Waals surface area (Å²) in [5.74, 6) is 0. The number of rotatable bonds is 0. The van der Waals surface area contributed by atoms with Gasteiger partial charge in [-0.05, 0) is 23.6 Å². The molecule has 0 aliphatic rings. The maximum atomic E-state index is 5.56. The molecule has 2 heteroatoms. The van der Waals surface area contributed by atoms with E-state index in [1.54, 1.807) is 0 Å². The van der Waals surface area contributed by atoms with Gasteiger partial charge in [0.25, 0.3) is 0 Å². The number of fused-ring (bicyclic) bond motifs is 1. The van der Waals surface area contributed by atoms with Gasteiger partial charge in [-0.25, -0.2) is 0 Å². The van der Waals surface area contributed by atoms with Crippen LogP contribution in [0.4, 0.5) is 5.69 Å². The van der Waals surface area contributed by atoms with Gasteiger partial charge in [0, 0.05) is 17.4 Å². The molecule has 64 valence electrons. The number of nitrogens with two attached hydrogens (primary N) is 1. The molecule has 0 atom stereocenters. The summed E-state index contributed by atoms with van der Waals surface area (Å²) in [5.41, 5.74) is 7.46. The zero-order valence-corrected chi connectivity index (χ0v) is 7.46. The summed E-state index contributed by atoms with van der Waals surface area (Å²) in [6.07, 6.45) is 1.91. The van der Waals surface area contributed by atoms with Gasteiger partial charge in [0.15, 0.2) is 0 Å². The molecule has 1 aromatic heterocycles. The molecule has 0 saturated heterocycles. The predicted octanol–water partition coefficient (Wildman–Crippen LogP) is 2.78. The van der Waals surface area contributed by atoms with Gasteiger partial charge in [-0.1, -0.05) is 19.9 Å². The van der Waals surface area contributed by atoms with Crippen LogP contribution in [0.15, 0.2) is 30.5 Å². The summed E-state index contributed by atoms with van der Waals surface area (Å²) < 4.78 is 0. The second-order valence-corrected chi connectivity index (χ2v) is 2.32. The van der Waals surface area contributed by atoms with Crippen LogP contribution in [0.2, 0.25) is 0 Å². The Labute approximate surface area is 72.4 Å². The summed E-state index contributed by atoms with van der Waals surface area (Å²) in [4.78, 5) is 3.08. The van der Waals surface area contributed by atoms with E-state index in [0.29, 0.717) is 0 Å². The van der Waals surface area contributed by atoms with Crippen LogP contribution in [0.1, 0.15) is 13.8 Å². The molecule has 0 saturated carbocycles. The zero-order chi connectivity index (χ0) is 8.97. The summed E-state index contributed by atoms with van der Waals surface area (Å²) in [6, 6.07) is 7.85. The molecular formula is C10H14N2. The van der Waals surface area contributed by atoms with Crippen LogP contribution in [-0.4, -0.2) is 4.98 Å². The van der Waals surface area contributed by atoms with Crippen LogP contribution in [0, 0.1) is 0 Å². The Morgan fingerprint density at radius 1 is 1.17 bits per heavy atom. The van der Waals surface area contributed by atoms with Gasteiger partial charge >= 0.3 is 0 Å². The van der Waals surface area contributed by atoms with Crippen molar-refractivity contribution < 1.29 is 0 Å². The third-order valence-corrected chi connectivity index (χ3v) is 1.58. The van der Waals surface area contributed by atoms with E-state index >= 15 is 0 Å². The number of anilines is 1. The summed E-state index contributed by atoms with van der Waals surface area (Å²) in [7, 11) is 0. The quantitative estimate of drug-likeness (QED) is 0.574. The SMILES string of the molecule is CC.Nc1ccc2cc[nH]c2c1. The Morgan fingerprint density at radius 3 is 2.67 bits per heavy atom. The van der Waals surface area contributed by atoms with Gasteiger partial charge in [-0.15, -0.1) is 0 Å². The first-order valence-corrected chi connectivity index (χ1v) is 4.19. The van der Waals surface area contributed by atoms with Crippen molar-refractivity contribution in [2.75, 3.05) is 5.73 Å². The number of aromatic amines is 1. The van der Waals surface area contributed by atoms with Crippen LogP contribution in [0.25, 0.3) is 10.9 Å². The number of benzene rings is 1. The van der Waals surface area contributed by atoms with E-state index in [0.717, 1.165) is 11.2 Å². The molecule has 2 aromatic rings. The smallest absolute Gasteiger partial charge is 0.0474 e. The molecule has 0 bridgehead atoms. The summed E-state index contributed by atoms with van der Waals surface area (Å²) >= 11 is 0. The molecule has 0 amide bonds. The predicted molar refractivity (Wildman–Crippen MR) is 54.1 cm³/mol. The van der Waals surface area contributed by atoms with Crippen LogP contribution in [0.5, 0.6) is 0 Å². The van der Waals surface area contributed by atoms with Crippen molar-refractivity contribution in [3.8, 4) is 0 Å². The number of hydrogen-bond acceptors (Lipinski definition) is 1. The van der Waals surface area contributed by atoms with Gasteiger partial charge in [-0.2, -0.15) is 0 Å². The lowest BCUT2D eigenvalue weighted by Crippen LogP contribution is -1.81. The molecule has 0 spiro atoms. The third kappa shape index (κ3) is 1.59. The van der Waals surface area contributed by atoms with Crippen molar-refractivity contribution in [1.29, 1.82) is 0 Å². The molecule has 3 N–H and O–H groups in total. The molecule has 1 aromatic carbocycles. The lowest BCUT2D eigenvalue weighted by Gasteiger charge is -1.90. The molecule has 12 heavy (non-hydrogen) atoms. The van der Waals surface area contributed by atoms with E-state index in [2.05, 4.69) is 4.98 Å². The molecule has 0 radical (unpaired) electrons. The van der Waals surface area contributed by atoms with E-state index in [1.807, 2.05) is 44.3 Å². The third-order valence-electron chi connectivity index (χ3n) is 1.58. The highest BCUT2D eigenvalue weighted by molar-refractivity contribution is 5.82. The zero-order valence-electron chi connectivity index (χ0n) is 7.46. The molecule has 2 nitrogen and oxygen atoms in total. The van der Waals surface area contributed by atoms with Gasteiger partial charge in [-0.3, -0.25) is 0 Å². The fraction of sp³-hybridized carbons (Fsp3) is 0.200. The molecule has 0 unspecified atom stereocenters. The van der Waals surface area contributed by atoms with E-state index in [1.165, 1.54) is 5.39 Å². The van der Waals surface area contributed by atoms with E-state index < -0.39 is 0 Å². The first-order valence-electron chi connectivity index (χ1n) is 4.19. The number of H-pyrrole nitrogens is 1. The second-order valence-electron chi connectivity index (χ2n) is 2.32. The highest BCUT2D eigenvalue weighted by Gasteiger charge is 1.91. The van der Waals surface area contributed by atoms with Gasteiger partial charge in [0.05, 0.1) is 0 Å². The molecule has 0 aliphatic heterocycles. The average molecular weight is 162 g/mol. The minimum Gasteiger partial charge on any atom is -0.399 e. The van der Waals surface area contributed by atoms with Crippen molar-refractivity contribution in [3.63, 3.8) is 0 Å². The van der Waals surface area contributed by atoms with Crippen LogP contribution in [-0.2, 0) is 0 Å². The molecule has 1 heterocycles. The van der Waals surface area contributed by atoms with Crippen LogP contribution < -0.4 is 5.73 Å². The molecule has 0 fully saturated rings. The van der Waals surface area contributed by atoms with Crippen molar-refractivity contribution in [2.45, 2.75) is 13.8 Å². The Hall–Kier alpha value is -1.44.